The lowest BCUT2D eigenvalue weighted by atomic mass is 10.0. The van der Waals surface area contributed by atoms with Gasteiger partial charge in [0.2, 0.25) is 6.08 Å². The Balaban J connectivity index is 2.42. The van der Waals surface area contributed by atoms with Crippen molar-refractivity contribution in [3.63, 3.8) is 0 Å². The van der Waals surface area contributed by atoms with E-state index < -0.39 is 0 Å². The Morgan fingerprint density at radius 1 is 1.50 bits per heavy atom. The number of fused-ring (bicyclic) bond motifs is 1. The summed E-state index contributed by atoms with van der Waals surface area (Å²) in [7, 11) is 0. The lowest BCUT2D eigenvalue weighted by Gasteiger charge is -2.07. The highest BCUT2D eigenvalue weighted by Crippen LogP contribution is 2.25. The summed E-state index contributed by atoms with van der Waals surface area (Å²) >= 11 is 0. The lowest BCUT2D eigenvalue weighted by Crippen LogP contribution is -1.93. The number of nitrogens with zero attached hydrogens (tertiary/aromatic N) is 1. The molecule has 1 aromatic carbocycles. The van der Waals surface area contributed by atoms with Gasteiger partial charge in [-0.3, -0.25) is 0 Å². The molecule has 1 heterocycles. The average Bonchev–Trinajstić information content (AvgIpc) is 2.75. The van der Waals surface area contributed by atoms with Crippen LogP contribution >= 0.6 is 0 Å². The second-order valence-corrected chi connectivity index (χ2v) is 3.48. The van der Waals surface area contributed by atoms with Crippen LogP contribution in [-0.2, 0) is 4.79 Å². The van der Waals surface area contributed by atoms with Crippen LogP contribution in [0.25, 0.3) is 11.0 Å². The monoisotopic (exact) mass is 213 g/mol. The first kappa shape index (κ1) is 10.4. The lowest BCUT2D eigenvalue weighted by molar-refractivity contribution is 0.557. The maximum atomic E-state index is 10.3. The van der Waals surface area contributed by atoms with Gasteiger partial charge in [-0.2, -0.15) is 4.99 Å². The molecule has 1 atom stereocenters. The highest BCUT2D eigenvalue weighted by molar-refractivity contribution is 5.77. The molecule has 0 saturated heterocycles. The summed E-state index contributed by atoms with van der Waals surface area (Å²) in [6, 6.07) is 7.43. The number of aliphatic imine (C=N–C) groups is 1. The van der Waals surface area contributed by atoms with Gasteiger partial charge in [0.1, 0.15) is 5.58 Å². The molecule has 1 unspecified atom stereocenters. The van der Waals surface area contributed by atoms with E-state index in [-0.39, 0.29) is 6.04 Å². The molecule has 16 heavy (non-hydrogen) atoms. The van der Waals surface area contributed by atoms with Gasteiger partial charge >= 0.3 is 0 Å². The molecular weight excluding hydrogens is 202 g/mol. The number of hydrogen-bond acceptors (Lipinski definition) is 3. The second kappa shape index (κ2) is 4.60. The average molecular weight is 213 g/mol. The number of rotatable bonds is 4. The van der Waals surface area contributed by atoms with Crippen LogP contribution < -0.4 is 0 Å². The summed E-state index contributed by atoms with van der Waals surface area (Å²) in [5.41, 5.74) is 1.80. The maximum Gasteiger partial charge on any atom is 0.235 e. The molecule has 0 spiro atoms. The molecule has 0 aliphatic rings. The predicted molar refractivity (Wildman–Crippen MR) is 61.9 cm³/mol. The Morgan fingerprint density at radius 3 is 3.12 bits per heavy atom. The Labute approximate surface area is 93.1 Å². The van der Waals surface area contributed by atoms with Crippen molar-refractivity contribution in [2.45, 2.75) is 12.5 Å². The molecule has 2 aromatic rings. The zero-order valence-corrected chi connectivity index (χ0v) is 8.72. The fourth-order valence-corrected chi connectivity index (χ4v) is 1.68. The van der Waals surface area contributed by atoms with Crippen molar-refractivity contribution >= 4 is 17.0 Å². The number of carbonyl (C=O) groups excluding carboxylic acids is 1. The first-order valence-electron chi connectivity index (χ1n) is 5.00. The minimum atomic E-state index is -0.200. The zero-order valence-electron chi connectivity index (χ0n) is 8.72. The normalized spacial score (nSPS) is 12.0. The van der Waals surface area contributed by atoms with Crippen LogP contribution in [0.15, 0.2) is 52.6 Å². The fourth-order valence-electron chi connectivity index (χ4n) is 1.68. The third kappa shape index (κ3) is 1.95. The topological polar surface area (TPSA) is 42.6 Å². The molecule has 3 nitrogen and oxygen atoms in total. The van der Waals surface area contributed by atoms with E-state index in [1.807, 2.05) is 24.3 Å². The van der Waals surface area contributed by atoms with Gasteiger partial charge in [0.05, 0.1) is 12.3 Å². The first-order valence-corrected chi connectivity index (χ1v) is 5.00. The predicted octanol–water partition coefficient (Wildman–Crippen LogP) is 3.39. The largest absolute Gasteiger partial charge is 0.464 e. The summed E-state index contributed by atoms with van der Waals surface area (Å²) in [4.78, 5) is 14.1. The quantitative estimate of drug-likeness (QED) is 0.444. The number of hydrogen-bond donors (Lipinski definition) is 0. The first-order chi connectivity index (χ1) is 7.85. The standard InChI is InChI=1S/C13H11NO2/c1-2-3-12(14-9-15)10-4-5-13-11(8-10)6-7-16-13/h2,4-8,12H,1,3H2. The SMILES string of the molecule is C=CCC(N=C=O)c1ccc2occc2c1. The second-order valence-electron chi connectivity index (χ2n) is 3.48. The van der Waals surface area contributed by atoms with Crippen LogP contribution in [0.5, 0.6) is 0 Å². The third-order valence-corrected chi connectivity index (χ3v) is 2.46. The molecule has 2 rings (SSSR count). The van der Waals surface area contributed by atoms with Gasteiger partial charge < -0.3 is 4.42 Å². The van der Waals surface area contributed by atoms with E-state index in [0.717, 1.165) is 16.5 Å². The maximum absolute atomic E-state index is 10.3. The van der Waals surface area contributed by atoms with Crippen LogP contribution in [-0.4, -0.2) is 6.08 Å². The van der Waals surface area contributed by atoms with Crippen molar-refractivity contribution in [3.8, 4) is 0 Å². The van der Waals surface area contributed by atoms with Crippen molar-refractivity contribution in [3.05, 3.63) is 48.7 Å². The number of furan rings is 1. The van der Waals surface area contributed by atoms with Crippen LogP contribution in [0.2, 0.25) is 0 Å². The van der Waals surface area contributed by atoms with E-state index in [4.69, 9.17) is 4.42 Å². The Hall–Kier alpha value is -2.12. The molecule has 0 saturated carbocycles. The van der Waals surface area contributed by atoms with Gasteiger partial charge in [0.15, 0.2) is 0 Å². The van der Waals surface area contributed by atoms with Gasteiger partial charge in [-0.25, -0.2) is 4.79 Å². The molecule has 1 aromatic heterocycles. The molecule has 0 radical (unpaired) electrons. The molecular formula is C13H11NO2. The van der Waals surface area contributed by atoms with Gasteiger partial charge in [0.25, 0.3) is 0 Å². The van der Waals surface area contributed by atoms with E-state index in [0.29, 0.717) is 6.42 Å². The van der Waals surface area contributed by atoms with Gasteiger partial charge in [-0.05, 0) is 30.2 Å². The molecule has 80 valence electrons. The third-order valence-electron chi connectivity index (χ3n) is 2.46. The summed E-state index contributed by atoms with van der Waals surface area (Å²) in [5.74, 6) is 0. The van der Waals surface area contributed by atoms with Crippen LogP contribution in [0.3, 0.4) is 0 Å². The summed E-state index contributed by atoms with van der Waals surface area (Å²) in [5, 5.41) is 1.01. The molecule has 0 amide bonds. The Morgan fingerprint density at radius 2 is 2.38 bits per heavy atom. The van der Waals surface area contributed by atoms with Gasteiger partial charge in [-0.1, -0.05) is 12.1 Å². The van der Waals surface area contributed by atoms with Crippen molar-refractivity contribution in [2.75, 3.05) is 0 Å². The minimum Gasteiger partial charge on any atom is -0.464 e. The van der Waals surface area contributed by atoms with E-state index in [1.165, 1.54) is 0 Å². The van der Waals surface area contributed by atoms with Gasteiger partial charge in [-0.15, -0.1) is 6.58 Å². The minimum absolute atomic E-state index is 0.200. The number of benzene rings is 1. The van der Waals surface area contributed by atoms with Crippen LogP contribution in [0, 0.1) is 0 Å². The summed E-state index contributed by atoms with van der Waals surface area (Å²) in [6.45, 7) is 3.65. The molecule has 0 bridgehead atoms. The van der Waals surface area contributed by atoms with E-state index in [9.17, 15) is 4.79 Å². The summed E-state index contributed by atoms with van der Waals surface area (Å²) in [6.07, 6.45) is 5.60. The zero-order chi connectivity index (χ0) is 11.4. The van der Waals surface area contributed by atoms with E-state index >= 15 is 0 Å². The highest BCUT2D eigenvalue weighted by atomic mass is 16.3. The molecule has 3 heteroatoms. The van der Waals surface area contributed by atoms with Crippen molar-refractivity contribution < 1.29 is 9.21 Å². The Kier molecular flexibility index (Phi) is 2.99. The molecule has 0 fully saturated rings. The highest BCUT2D eigenvalue weighted by Gasteiger charge is 2.09. The van der Waals surface area contributed by atoms with Crippen molar-refractivity contribution in [2.24, 2.45) is 4.99 Å². The smallest absolute Gasteiger partial charge is 0.235 e. The van der Waals surface area contributed by atoms with Crippen molar-refractivity contribution in [1.29, 1.82) is 0 Å². The summed E-state index contributed by atoms with van der Waals surface area (Å²) < 4.78 is 5.24. The molecule has 0 aliphatic heterocycles. The molecule has 0 N–H and O–H groups in total. The van der Waals surface area contributed by atoms with Crippen LogP contribution in [0.4, 0.5) is 0 Å². The molecule has 0 aliphatic carbocycles. The fraction of sp³-hybridized carbons (Fsp3) is 0.154. The van der Waals surface area contributed by atoms with E-state index in [1.54, 1.807) is 18.4 Å². The van der Waals surface area contributed by atoms with Crippen molar-refractivity contribution in [1.82, 2.24) is 0 Å². The number of isocyanates is 1. The van der Waals surface area contributed by atoms with Gasteiger partial charge in [0, 0.05) is 5.39 Å². The Bertz CT molecular complexity index is 550. The van der Waals surface area contributed by atoms with Crippen LogP contribution in [0.1, 0.15) is 18.0 Å². The van der Waals surface area contributed by atoms with E-state index in [2.05, 4.69) is 11.6 Å².